The van der Waals surface area contributed by atoms with Crippen LogP contribution >= 0.6 is 0 Å². The van der Waals surface area contributed by atoms with Gasteiger partial charge in [-0.05, 0) is 37.0 Å². The number of hydrogen-bond acceptors (Lipinski definition) is 2. The molecular formula is C19H25NO. The normalized spacial score (nSPS) is 13.9. The zero-order valence-corrected chi connectivity index (χ0v) is 13.1. The molecule has 2 atom stereocenters. The molecule has 2 rings (SSSR count). The molecule has 0 radical (unpaired) electrons. The van der Waals surface area contributed by atoms with Crippen LogP contribution in [0.3, 0.4) is 0 Å². The van der Waals surface area contributed by atoms with E-state index in [4.69, 9.17) is 0 Å². The third kappa shape index (κ3) is 3.93. The standard InChI is InChI=1S/C19H25NO/c1-4-17(13-21)20-19(16-8-6-5-7-9-16)18-12-14(2)10-11-15(18)3/h5-12,17,19-21H,4,13H2,1-3H3. The second kappa shape index (κ2) is 7.39. The van der Waals surface area contributed by atoms with E-state index in [0.29, 0.717) is 0 Å². The minimum absolute atomic E-state index is 0.107. The van der Waals surface area contributed by atoms with Gasteiger partial charge in [-0.15, -0.1) is 0 Å². The van der Waals surface area contributed by atoms with Crippen LogP contribution in [0, 0.1) is 13.8 Å². The summed E-state index contributed by atoms with van der Waals surface area (Å²) in [5, 5.41) is 13.1. The lowest BCUT2D eigenvalue weighted by Gasteiger charge is -2.26. The van der Waals surface area contributed by atoms with Gasteiger partial charge in [-0.3, -0.25) is 0 Å². The van der Waals surface area contributed by atoms with Crippen molar-refractivity contribution in [1.29, 1.82) is 0 Å². The Hall–Kier alpha value is -1.64. The summed E-state index contributed by atoms with van der Waals surface area (Å²) in [7, 11) is 0. The number of rotatable bonds is 6. The van der Waals surface area contributed by atoms with Gasteiger partial charge in [0.25, 0.3) is 0 Å². The molecular weight excluding hydrogens is 258 g/mol. The molecule has 0 amide bonds. The maximum absolute atomic E-state index is 9.53. The fraction of sp³-hybridized carbons (Fsp3) is 0.368. The molecule has 0 heterocycles. The van der Waals surface area contributed by atoms with Crippen LogP contribution in [0.15, 0.2) is 48.5 Å². The van der Waals surface area contributed by atoms with E-state index in [9.17, 15) is 5.11 Å². The molecule has 112 valence electrons. The van der Waals surface area contributed by atoms with E-state index in [0.717, 1.165) is 6.42 Å². The molecule has 0 spiro atoms. The molecule has 2 unspecified atom stereocenters. The SMILES string of the molecule is CCC(CO)NC(c1ccccc1)c1cc(C)ccc1C. The number of aryl methyl sites for hydroxylation is 2. The summed E-state index contributed by atoms with van der Waals surface area (Å²) >= 11 is 0. The Labute approximate surface area is 127 Å². The van der Waals surface area contributed by atoms with Crippen molar-refractivity contribution in [3.63, 3.8) is 0 Å². The average molecular weight is 283 g/mol. The van der Waals surface area contributed by atoms with Crippen molar-refractivity contribution in [2.45, 2.75) is 39.3 Å². The van der Waals surface area contributed by atoms with Crippen molar-refractivity contribution >= 4 is 0 Å². The number of hydrogen-bond donors (Lipinski definition) is 2. The summed E-state index contributed by atoms with van der Waals surface area (Å²) in [6, 6.07) is 17.2. The third-order valence-electron chi connectivity index (χ3n) is 3.99. The molecule has 2 aromatic rings. The number of benzene rings is 2. The lowest BCUT2D eigenvalue weighted by Crippen LogP contribution is -2.36. The lowest BCUT2D eigenvalue weighted by molar-refractivity contribution is 0.232. The highest BCUT2D eigenvalue weighted by Gasteiger charge is 2.19. The smallest absolute Gasteiger partial charge is 0.0584 e. The van der Waals surface area contributed by atoms with Crippen LogP contribution in [-0.2, 0) is 0 Å². The summed E-state index contributed by atoms with van der Waals surface area (Å²) in [5.74, 6) is 0. The molecule has 0 aliphatic rings. The van der Waals surface area contributed by atoms with E-state index in [1.165, 1.54) is 22.3 Å². The van der Waals surface area contributed by atoms with Gasteiger partial charge in [0, 0.05) is 6.04 Å². The van der Waals surface area contributed by atoms with Crippen molar-refractivity contribution in [1.82, 2.24) is 5.32 Å². The summed E-state index contributed by atoms with van der Waals surface area (Å²) in [6.45, 7) is 6.52. The maximum Gasteiger partial charge on any atom is 0.0584 e. The predicted octanol–water partition coefficient (Wildman–Crippen LogP) is 3.75. The Bertz CT molecular complexity index is 561. The van der Waals surface area contributed by atoms with Crippen LogP contribution in [0.4, 0.5) is 0 Å². The summed E-state index contributed by atoms with van der Waals surface area (Å²) in [5.41, 5.74) is 5.05. The van der Waals surface area contributed by atoms with Gasteiger partial charge in [-0.25, -0.2) is 0 Å². The topological polar surface area (TPSA) is 32.3 Å². The van der Waals surface area contributed by atoms with Gasteiger partial charge in [-0.2, -0.15) is 0 Å². The quantitative estimate of drug-likeness (QED) is 0.846. The van der Waals surface area contributed by atoms with Crippen LogP contribution in [0.2, 0.25) is 0 Å². The fourth-order valence-electron chi connectivity index (χ4n) is 2.62. The molecule has 0 fully saturated rings. The molecule has 0 aliphatic carbocycles. The fourth-order valence-corrected chi connectivity index (χ4v) is 2.62. The molecule has 21 heavy (non-hydrogen) atoms. The molecule has 2 aromatic carbocycles. The first-order valence-electron chi connectivity index (χ1n) is 7.64. The van der Waals surface area contributed by atoms with Gasteiger partial charge in [-0.1, -0.05) is 61.0 Å². The molecule has 2 nitrogen and oxygen atoms in total. The summed E-state index contributed by atoms with van der Waals surface area (Å²) in [4.78, 5) is 0. The highest BCUT2D eigenvalue weighted by atomic mass is 16.3. The lowest BCUT2D eigenvalue weighted by atomic mass is 9.92. The maximum atomic E-state index is 9.53. The highest BCUT2D eigenvalue weighted by molar-refractivity contribution is 5.39. The Kier molecular flexibility index (Phi) is 5.54. The van der Waals surface area contributed by atoms with Gasteiger partial charge < -0.3 is 10.4 Å². The van der Waals surface area contributed by atoms with Crippen molar-refractivity contribution in [2.24, 2.45) is 0 Å². The van der Waals surface area contributed by atoms with Crippen LogP contribution in [0.1, 0.15) is 41.6 Å². The Morgan fingerprint density at radius 3 is 2.38 bits per heavy atom. The second-order valence-electron chi connectivity index (χ2n) is 5.66. The second-order valence-corrected chi connectivity index (χ2v) is 5.66. The number of nitrogens with one attached hydrogen (secondary N) is 1. The van der Waals surface area contributed by atoms with Crippen LogP contribution in [0.25, 0.3) is 0 Å². The van der Waals surface area contributed by atoms with E-state index >= 15 is 0 Å². The monoisotopic (exact) mass is 283 g/mol. The molecule has 2 N–H and O–H groups in total. The van der Waals surface area contributed by atoms with Crippen LogP contribution < -0.4 is 5.32 Å². The highest BCUT2D eigenvalue weighted by Crippen LogP contribution is 2.26. The minimum atomic E-state index is 0.107. The van der Waals surface area contributed by atoms with Crippen LogP contribution in [-0.4, -0.2) is 17.8 Å². The third-order valence-corrected chi connectivity index (χ3v) is 3.99. The zero-order valence-electron chi connectivity index (χ0n) is 13.1. The largest absolute Gasteiger partial charge is 0.395 e. The summed E-state index contributed by atoms with van der Waals surface area (Å²) < 4.78 is 0. The van der Waals surface area contributed by atoms with E-state index in [1.54, 1.807) is 0 Å². The summed E-state index contributed by atoms with van der Waals surface area (Å²) in [6.07, 6.45) is 0.907. The van der Waals surface area contributed by atoms with Crippen molar-refractivity contribution in [3.8, 4) is 0 Å². The first-order valence-corrected chi connectivity index (χ1v) is 7.64. The Morgan fingerprint density at radius 1 is 1.05 bits per heavy atom. The molecule has 0 aliphatic heterocycles. The number of aliphatic hydroxyl groups is 1. The average Bonchev–Trinajstić information content (AvgIpc) is 2.52. The van der Waals surface area contributed by atoms with Crippen molar-refractivity contribution in [3.05, 3.63) is 70.8 Å². The molecule has 2 heteroatoms. The van der Waals surface area contributed by atoms with Gasteiger partial charge in [0.15, 0.2) is 0 Å². The van der Waals surface area contributed by atoms with Crippen molar-refractivity contribution in [2.75, 3.05) is 6.61 Å². The van der Waals surface area contributed by atoms with Crippen LogP contribution in [0.5, 0.6) is 0 Å². The number of aliphatic hydroxyl groups excluding tert-OH is 1. The van der Waals surface area contributed by atoms with E-state index in [1.807, 2.05) is 6.07 Å². The van der Waals surface area contributed by atoms with Gasteiger partial charge in [0.1, 0.15) is 0 Å². The zero-order chi connectivity index (χ0) is 15.2. The van der Waals surface area contributed by atoms with Gasteiger partial charge >= 0.3 is 0 Å². The molecule has 0 aromatic heterocycles. The van der Waals surface area contributed by atoms with E-state index in [2.05, 4.69) is 68.6 Å². The molecule has 0 bridgehead atoms. The Morgan fingerprint density at radius 2 is 1.76 bits per heavy atom. The van der Waals surface area contributed by atoms with E-state index in [-0.39, 0.29) is 18.7 Å². The molecule has 0 saturated heterocycles. The van der Waals surface area contributed by atoms with Gasteiger partial charge in [0.05, 0.1) is 12.6 Å². The first kappa shape index (κ1) is 15.7. The Balaban J connectivity index is 2.42. The van der Waals surface area contributed by atoms with E-state index < -0.39 is 0 Å². The molecule has 0 saturated carbocycles. The minimum Gasteiger partial charge on any atom is -0.395 e. The first-order chi connectivity index (χ1) is 10.2. The van der Waals surface area contributed by atoms with Crippen molar-refractivity contribution < 1.29 is 5.11 Å². The van der Waals surface area contributed by atoms with Gasteiger partial charge in [0.2, 0.25) is 0 Å². The predicted molar refractivity (Wildman–Crippen MR) is 88.5 cm³/mol.